The molecule has 2 heteroatoms. The standard InChI is InChI=1S/C14H16O2/c1-10(8-14(15)16)12-7-6-11-4-2-3-5-13(11)9-12/h6-7,9H,1-5,8H2,(H,15,16). The van der Waals surface area contributed by atoms with E-state index in [1.165, 1.54) is 24.0 Å². The van der Waals surface area contributed by atoms with E-state index in [4.69, 9.17) is 5.11 Å². The first-order valence-electron chi connectivity index (χ1n) is 5.68. The van der Waals surface area contributed by atoms with Crippen LogP contribution in [0.25, 0.3) is 5.57 Å². The zero-order valence-electron chi connectivity index (χ0n) is 9.33. The van der Waals surface area contributed by atoms with Crippen LogP contribution in [-0.2, 0) is 17.6 Å². The van der Waals surface area contributed by atoms with E-state index in [1.54, 1.807) is 0 Å². The molecule has 0 amide bonds. The average molecular weight is 216 g/mol. The van der Waals surface area contributed by atoms with Gasteiger partial charge in [-0.2, -0.15) is 0 Å². The molecule has 2 nitrogen and oxygen atoms in total. The Bertz CT molecular complexity index is 432. The molecule has 16 heavy (non-hydrogen) atoms. The van der Waals surface area contributed by atoms with Crippen LogP contribution in [-0.4, -0.2) is 11.1 Å². The molecule has 84 valence electrons. The van der Waals surface area contributed by atoms with Gasteiger partial charge in [0.1, 0.15) is 0 Å². The summed E-state index contributed by atoms with van der Waals surface area (Å²) in [6.45, 7) is 3.83. The third-order valence-electron chi connectivity index (χ3n) is 3.12. The molecule has 0 saturated carbocycles. The number of hydrogen-bond donors (Lipinski definition) is 1. The third-order valence-corrected chi connectivity index (χ3v) is 3.12. The van der Waals surface area contributed by atoms with Gasteiger partial charge in [-0.05, 0) is 47.9 Å². The molecule has 1 aromatic carbocycles. The summed E-state index contributed by atoms with van der Waals surface area (Å²) in [5.41, 5.74) is 4.46. The van der Waals surface area contributed by atoms with E-state index in [9.17, 15) is 4.79 Å². The summed E-state index contributed by atoms with van der Waals surface area (Å²) in [7, 11) is 0. The second kappa shape index (κ2) is 4.52. The Kier molecular flexibility index (Phi) is 3.09. The van der Waals surface area contributed by atoms with Gasteiger partial charge in [-0.15, -0.1) is 0 Å². The fourth-order valence-electron chi connectivity index (χ4n) is 2.24. The second-order valence-corrected chi connectivity index (χ2v) is 4.36. The molecule has 0 atom stereocenters. The summed E-state index contributed by atoms with van der Waals surface area (Å²) in [6, 6.07) is 6.23. The van der Waals surface area contributed by atoms with Crippen molar-refractivity contribution >= 4 is 11.5 Å². The van der Waals surface area contributed by atoms with Gasteiger partial charge in [0.25, 0.3) is 0 Å². The van der Waals surface area contributed by atoms with Gasteiger partial charge in [0, 0.05) is 0 Å². The lowest BCUT2D eigenvalue weighted by Crippen LogP contribution is -2.03. The lowest BCUT2D eigenvalue weighted by atomic mass is 9.89. The molecule has 2 rings (SSSR count). The van der Waals surface area contributed by atoms with Crippen molar-refractivity contribution in [2.75, 3.05) is 0 Å². The number of aryl methyl sites for hydroxylation is 2. The van der Waals surface area contributed by atoms with E-state index in [2.05, 4.69) is 18.7 Å². The summed E-state index contributed by atoms with van der Waals surface area (Å²) >= 11 is 0. The molecule has 0 aromatic heterocycles. The molecule has 0 fully saturated rings. The number of carboxylic acids is 1. The van der Waals surface area contributed by atoms with Crippen LogP contribution in [0.4, 0.5) is 0 Å². The first-order valence-corrected chi connectivity index (χ1v) is 5.68. The van der Waals surface area contributed by atoms with E-state index < -0.39 is 5.97 Å². The van der Waals surface area contributed by atoms with Gasteiger partial charge in [-0.3, -0.25) is 4.79 Å². The zero-order valence-corrected chi connectivity index (χ0v) is 9.33. The first kappa shape index (κ1) is 10.9. The highest BCUT2D eigenvalue weighted by atomic mass is 16.4. The second-order valence-electron chi connectivity index (χ2n) is 4.36. The monoisotopic (exact) mass is 216 g/mol. The zero-order chi connectivity index (χ0) is 11.5. The highest BCUT2D eigenvalue weighted by Gasteiger charge is 2.11. The summed E-state index contributed by atoms with van der Waals surface area (Å²) in [4.78, 5) is 10.6. The van der Waals surface area contributed by atoms with Gasteiger partial charge in [0.05, 0.1) is 6.42 Å². The normalized spacial score (nSPS) is 14.2. The predicted octanol–water partition coefficient (Wildman–Crippen LogP) is 3.05. The molecular formula is C14H16O2. The molecule has 1 aromatic rings. The molecule has 0 radical (unpaired) electrons. The topological polar surface area (TPSA) is 37.3 Å². The Hall–Kier alpha value is -1.57. The Labute approximate surface area is 95.6 Å². The highest BCUT2D eigenvalue weighted by Crippen LogP contribution is 2.25. The van der Waals surface area contributed by atoms with Crippen molar-refractivity contribution in [3.63, 3.8) is 0 Å². The van der Waals surface area contributed by atoms with E-state index in [0.717, 1.165) is 18.4 Å². The van der Waals surface area contributed by atoms with E-state index in [-0.39, 0.29) is 6.42 Å². The molecular weight excluding hydrogens is 200 g/mol. The number of carbonyl (C=O) groups is 1. The minimum atomic E-state index is -0.817. The van der Waals surface area contributed by atoms with Crippen LogP contribution >= 0.6 is 0 Å². The summed E-state index contributed by atoms with van der Waals surface area (Å²) in [5, 5.41) is 8.72. The molecule has 1 aliphatic rings. The van der Waals surface area contributed by atoms with E-state index in [0.29, 0.717) is 5.57 Å². The summed E-state index contributed by atoms with van der Waals surface area (Å²) in [5.74, 6) is -0.817. The van der Waals surface area contributed by atoms with Crippen molar-refractivity contribution in [2.45, 2.75) is 32.1 Å². The molecule has 1 N–H and O–H groups in total. The Morgan fingerprint density at radius 3 is 2.62 bits per heavy atom. The van der Waals surface area contributed by atoms with Crippen molar-refractivity contribution in [3.05, 3.63) is 41.5 Å². The van der Waals surface area contributed by atoms with Crippen LogP contribution in [0.15, 0.2) is 24.8 Å². The smallest absolute Gasteiger partial charge is 0.307 e. The van der Waals surface area contributed by atoms with Gasteiger partial charge in [-0.1, -0.05) is 24.8 Å². The Morgan fingerprint density at radius 1 is 1.25 bits per heavy atom. The fraction of sp³-hybridized carbons (Fsp3) is 0.357. The van der Waals surface area contributed by atoms with Crippen LogP contribution in [0, 0.1) is 0 Å². The maximum Gasteiger partial charge on any atom is 0.307 e. The summed E-state index contributed by atoms with van der Waals surface area (Å²) < 4.78 is 0. The molecule has 0 bridgehead atoms. The van der Waals surface area contributed by atoms with Crippen molar-refractivity contribution in [1.29, 1.82) is 0 Å². The third kappa shape index (κ3) is 2.32. The van der Waals surface area contributed by atoms with Crippen LogP contribution in [0.5, 0.6) is 0 Å². The number of fused-ring (bicyclic) bond motifs is 1. The maximum atomic E-state index is 10.6. The minimum Gasteiger partial charge on any atom is -0.481 e. The van der Waals surface area contributed by atoms with Gasteiger partial charge in [-0.25, -0.2) is 0 Å². The number of aliphatic carboxylic acids is 1. The SMILES string of the molecule is C=C(CC(=O)O)c1ccc2c(c1)CCCC2. The summed E-state index contributed by atoms with van der Waals surface area (Å²) in [6.07, 6.45) is 4.80. The van der Waals surface area contributed by atoms with E-state index in [1.807, 2.05) is 6.07 Å². The van der Waals surface area contributed by atoms with Crippen molar-refractivity contribution < 1.29 is 9.90 Å². The number of benzene rings is 1. The van der Waals surface area contributed by atoms with Crippen LogP contribution in [0.3, 0.4) is 0 Å². The molecule has 0 spiro atoms. The number of carboxylic acid groups (broad SMARTS) is 1. The minimum absolute atomic E-state index is 0.0266. The Morgan fingerprint density at radius 2 is 1.94 bits per heavy atom. The van der Waals surface area contributed by atoms with E-state index >= 15 is 0 Å². The number of hydrogen-bond acceptors (Lipinski definition) is 1. The Balaban J connectivity index is 2.23. The largest absolute Gasteiger partial charge is 0.481 e. The quantitative estimate of drug-likeness (QED) is 0.843. The van der Waals surface area contributed by atoms with Crippen molar-refractivity contribution in [1.82, 2.24) is 0 Å². The van der Waals surface area contributed by atoms with Crippen LogP contribution < -0.4 is 0 Å². The first-order chi connectivity index (χ1) is 7.66. The fourth-order valence-corrected chi connectivity index (χ4v) is 2.24. The van der Waals surface area contributed by atoms with Gasteiger partial charge < -0.3 is 5.11 Å². The molecule has 0 aliphatic heterocycles. The average Bonchev–Trinajstić information content (AvgIpc) is 2.27. The highest BCUT2D eigenvalue weighted by molar-refractivity contribution is 5.83. The van der Waals surface area contributed by atoms with Gasteiger partial charge >= 0.3 is 5.97 Å². The van der Waals surface area contributed by atoms with Crippen molar-refractivity contribution in [2.24, 2.45) is 0 Å². The van der Waals surface area contributed by atoms with Crippen molar-refractivity contribution in [3.8, 4) is 0 Å². The van der Waals surface area contributed by atoms with Crippen LogP contribution in [0.2, 0.25) is 0 Å². The lowest BCUT2D eigenvalue weighted by Gasteiger charge is -2.16. The predicted molar refractivity (Wildman–Crippen MR) is 64.4 cm³/mol. The molecule has 0 heterocycles. The van der Waals surface area contributed by atoms with Gasteiger partial charge in [0.15, 0.2) is 0 Å². The lowest BCUT2D eigenvalue weighted by molar-refractivity contribution is -0.135. The van der Waals surface area contributed by atoms with Crippen LogP contribution in [0.1, 0.15) is 36.0 Å². The number of rotatable bonds is 3. The molecule has 1 aliphatic carbocycles. The molecule has 0 unspecified atom stereocenters. The van der Waals surface area contributed by atoms with Gasteiger partial charge in [0.2, 0.25) is 0 Å². The molecule has 0 saturated heterocycles. The maximum absolute atomic E-state index is 10.6.